The summed E-state index contributed by atoms with van der Waals surface area (Å²) in [5.41, 5.74) is -1.35. The van der Waals surface area contributed by atoms with Crippen molar-refractivity contribution in [1.82, 2.24) is 10.3 Å². The molecule has 1 aromatic heterocycles. The maximum atomic E-state index is 15.1. The topological polar surface area (TPSA) is 54.5 Å². The number of alkyl halides is 1. The zero-order chi connectivity index (χ0) is 18.0. The van der Waals surface area contributed by atoms with E-state index in [9.17, 15) is 4.79 Å². The van der Waals surface area contributed by atoms with E-state index in [1.54, 1.807) is 6.20 Å². The fourth-order valence-electron chi connectivity index (χ4n) is 3.78. The van der Waals surface area contributed by atoms with E-state index in [-0.39, 0.29) is 18.4 Å². The molecule has 1 unspecified atom stereocenters. The average molecular weight is 357 g/mol. The van der Waals surface area contributed by atoms with Gasteiger partial charge in [0.15, 0.2) is 0 Å². The highest BCUT2D eigenvalue weighted by atomic mass is 19.1. The third-order valence-electron chi connectivity index (χ3n) is 5.49. The normalized spacial score (nSPS) is 22.5. The fourth-order valence-corrected chi connectivity index (χ4v) is 3.78. The van der Waals surface area contributed by atoms with Crippen LogP contribution < -0.4 is 10.2 Å². The molecule has 0 saturated carbocycles. The lowest BCUT2D eigenvalue weighted by Gasteiger charge is -2.37. The second kappa shape index (κ2) is 7.19. The lowest BCUT2D eigenvalue weighted by molar-refractivity contribution is -0.125. The molecule has 0 aliphatic carbocycles. The van der Waals surface area contributed by atoms with Gasteiger partial charge in [-0.2, -0.15) is 0 Å². The van der Waals surface area contributed by atoms with Gasteiger partial charge in [-0.1, -0.05) is 24.3 Å². The van der Waals surface area contributed by atoms with E-state index in [0.29, 0.717) is 39.1 Å². The molecule has 1 amide bonds. The van der Waals surface area contributed by atoms with E-state index in [1.165, 1.54) is 0 Å². The minimum Gasteiger partial charge on any atom is -0.381 e. The zero-order valence-electron chi connectivity index (χ0n) is 14.8. The molecule has 2 aliphatic heterocycles. The number of fused-ring (bicyclic) bond motifs is 1. The first-order valence-electron chi connectivity index (χ1n) is 9.28. The van der Waals surface area contributed by atoms with Crippen molar-refractivity contribution in [2.45, 2.75) is 24.9 Å². The number of piperidine rings is 1. The third-order valence-corrected chi connectivity index (χ3v) is 5.49. The Hall–Kier alpha value is -2.21. The summed E-state index contributed by atoms with van der Waals surface area (Å²) in [6.45, 7) is 2.34. The summed E-state index contributed by atoms with van der Waals surface area (Å²) in [4.78, 5) is 18.8. The third kappa shape index (κ3) is 3.51. The number of amides is 1. The summed E-state index contributed by atoms with van der Waals surface area (Å²) < 4.78 is 20.4. The first-order valence-corrected chi connectivity index (χ1v) is 9.28. The highest BCUT2D eigenvalue weighted by Gasteiger charge is 2.36. The van der Waals surface area contributed by atoms with Gasteiger partial charge in [-0.3, -0.25) is 4.79 Å². The molecule has 1 aromatic carbocycles. The van der Waals surface area contributed by atoms with E-state index < -0.39 is 5.67 Å². The lowest BCUT2D eigenvalue weighted by atomic mass is 9.92. The number of nitrogens with zero attached hydrogens (tertiary/aromatic N) is 2. The van der Waals surface area contributed by atoms with Crippen molar-refractivity contribution in [2.75, 3.05) is 37.7 Å². The van der Waals surface area contributed by atoms with Gasteiger partial charge in [0.05, 0.1) is 19.1 Å². The Morgan fingerprint density at radius 3 is 2.88 bits per heavy atom. The first kappa shape index (κ1) is 17.2. The number of hydrogen-bond donors (Lipinski definition) is 1. The highest BCUT2D eigenvalue weighted by Crippen LogP contribution is 2.31. The smallest absolute Gasteiger partial charge is 0.225 e. The van der Waals surface area contributed by atoms with E-state index in [2.05, 4.69) is 27.3 Å². The van der Waals surface area contributed by atoms with Crippen LogP contribution in [0.5, 0.6) is 0 Å². The minimum absolute atomic E-state index is 0.0825. The van der Waals surface area contributed by atoms with Gasteiger partial charge in [0, 0.05) is 44.1 Å². The van der Waals surface area contributed by atoms with Gasteiger partial charge in [-0.15, -0.1) is 0 Å². The summed E-state index contributed by atoms with van der Waals surface area (Å²) in [6.07, 6.45) is 3.31. The predicted molar refractivity (Wildman–Crippen MR) is 99.0 cm³/mol. The van der Waals surface area contributed by atoms with Crippen LogP contribution in [0.25, 0.3) is 10.8 Å². The Morgan fingerprint density at radius 2 is 2.12 bits per heavy atom. The van der Waals surface area contributed by atoms with Gasteiger partial charge in [0.25, 0.3) is 0 Å². The molecule has 2 aliphatic rings. The number of rotatable bonds is 4. The molecule has 2 saturated heterocycles. The summed E-state index contributed by atoms with van der Waals surface area (Å²) in [5, 5.41) is 5.02. The van der Waals surface area contributed by atoms with E-state index in [0.717, 1.165) is 23.0 Å². The first-order chi connectivity index (χ1) is 12.6. The molecule has 6 heteroatoms. The van der Waals surface area contributed by atoms with Crippen molar-refractivity contribution in [3.05, 3.63) is 36.5 Å². The molecule has 1 atom stereocenters. The van der Waals surface area contributed by atoms with Crippen LogP contribution in [0.4, 0.5) is 10.2 Å². The van der Waals surface area contributed by atoms with Crippen molar-refractivity contribution >= 4 is 22.5 Å². The SMILES string of the molecule is O=C(NCC1(F)CCN(c2nccc3ccccc23)CC1)C1CCOC1. The predicted octanol–water partition coefficient (Wildman–Crippen LogP) is 2.70. The van der Waals surface area contributed by atoms with Crippen LogP contribution in [0.3, 0.4) is 0 Å². The molecule has 2 aromatic rings. The van der Waals surface area contributed by atoms with Crippen LogP contribution >= 0.6 is 0 Å². The van der Waals surface area contributed by atoms with Crippen molar-refractivity contribution in [3.63, 3.8) is 0 Å². The molecular formula is C20H24FN3O2. The van der Waals surface area contributed by atoms with E-state index in [4.69, 9.17) is 4.74 Å². The quantitative estimate of drug-likeness (QED) is 0.914. The van der Waals surface area contributed by atoms with Crippen LogP contribution in [-0.4, -0.2) is 49.4 Å². The van der Waals surface area contributed by atoms with E-state index >= 15 is 4.39 Å². The van der Waals surface area contributed by atoms with Crippen LogP contribution in [-0.2, 0) is 9.53 Å². The summed E-state index contributed by atoms with van der Waals surface area (Å²) in [5.74, 6) is 0.702. The largest absolute Gasteiger partial charge is 0.381 e. The Balaban J connectivity index is 1.37. The standard InChI is InChI=1S/C20H24FN3O2/c21-20(14-23-19(25)16-6-12-26-13-16)7-10-24(11-8-20)18-17-4-2-1-3-15(17)5-9-22-18/h1-5,9,16H,6-8,10-14H2,(H,23,25). The summed E-state index contributed by atoms with van der Waals surface area (Å²) in [7, 11) is 0. The van der Waals surface area contributed by atoms with Gasteiger partial charge < -0.3 is 15.0 Å². The molecular weight excluding hydrogens is 333 g/mol. The number of nitrogens with one attached hydrogen (secondary N) is 1. The van der Waals surface area contributed by atoms with Gasteiger partial charge in [0.1, 0.15) is 11.5 Å². The second-order valence-corrected chi connectivity index (χ2v) is 7.27. The van der Waals surface area contributed by atoms with Crippen LogP contribution in [0, 0.1) is 5.92 Å². The number of hydrogen-bond acceptors (Lipinski definition) is 4. The number of carbonyl (C=O) groups is 1. The van der Waals surface area contributed by atoms with Crippen LogP contribution in [0.1, 0.15) is 19.3 Å². The number of benzene rings is 1. The molecule has 138 valence electrons. The van der Waals surface area contributed by atoms with Crippen molar-refractivity contribution in [1.29, 1.82) is 0 Å². The molecule has 2 fully saturated rings. The summed E-state index contributed by atoms with van der Waals surface area (Å²) >= 11 is 0. The molecule has 0 radical (unpaired) electrons. The fraction of sp³-hybridized carbons (Fsp3) is 0.500. The highest BCUT2D eigenvalue weighted by molar-refractivity contribution is 5.92. The van der Waals surface area contributed by atoms with Crippen LogP contribution in [0.2, 0.25) is 0 Å². The monoisotopic (exact) mass is 357 g/mol. The number of anilines is 1. The molecule has 0 bridgehead atoms. The van der Waals surface area contributed by atoms with Gasteiger partial charge >= 0.3 is 0 Å². The maximum Gasteiger partial charge on any atom is 0.225 e. The van der Waals surface area contributed by atoms with Gasteiger partial charge in [-0.05, 0) is 17.9 Å². The van der Waals surface area contributed by atoms with Crippen LogP contribution in [0.15, 0.2) is 36.5 Å². The summed E-state index contributed by atoms with van der Waals surface area (Å²) in [6, 6.07) is 10.1. The Morgan fingerprint density at radius 1 is 1.31 bits per heavy atom. The molecule has 4 rings (SSSR count). The number of ether oxygens (including phenoxy) is 1. The molecule has 3 heterocycles. The number of halogens is 1. The molecule has 1 N–H and O–H groups in total. The zero-order valence-corrected chi connectivity index (χ0v) is 14.8. The number of carbonyl (C=O) groups excluding carboxylic acids is 1. The lowest BCUT2D eigenvalue weighted by Crippen LogP contribution is -2.49. The minimum atomic E-state index is -1.35. The van der Waals surface area contributed by atoms with Crippen molar-refractivity contribution in [2.24, 2.45) is 5.92 Å². The number of aromatic nitrogens is 1. The Bertz CT molecular complexity index is 778. The Kier molecular flexibility index (Phi) is 4.76. The second-order valence-electron chi connectivity index (χ2n) is 7.27. The van der Waals surface area contributed by atoms with Crippen molar-refractivity contribution in [3.8, 4) is 0 Å². The average Bonchev–Trinajstić information content (AvgIpc) is 3.21. The van der Waals surface area contributed by atoms with E-state index in [1.807, 2.05) is 18.2 Å². The van der Waals surface area contributed by atoms with Gasteiger partial charge in [-0.25, -0.2) is 9.37 Å². The number of pyridine rings is 1. The molecule has 0 spiro atoms. The van der Waals surface area contributed by atoms with Gasteiger partial charge in [0.2, 0.25) is 5.91 Å². The maximum absolute atomic E-state index is 15.1. The Labute approximate surface area is 152 Å². The molecule has 26 heavy (non-hydrogen) atoms. The van der Waals surface area contributed by atoms with Crippen molar-refractivity contribution < 1.29 is 13.9 Å². The molecule has 5 nitrogen and oxygen atoms in total.